The van der Waals surface area contributed by atoms with Gasteiger partial charge in [0, 0.05) is 30.9 Å². The zero-order valence-corrected chi connectivity index (χ0v) is 12.7. The normalized spacial score (nSPS) is 12.4. The van der Waals surface area contributed by atoms with Crippen LogP contribution in [-0.2, 0) is 6.42 Å². The topological polar surface area (TPSA) is 44.0 Å². The van der Waals surface area contributed by atoms with E-state index in [1.54, 1.807) is 0 Å². The van der Waals surface area contributed by atoms with Crippen molar-refractivity contribution in [3.05, 3.63) is 17.0 Å². The van der Waals surface area contributed by atoms with Gasteiger partial charge in [0.2, 0.25) is 0 Å². The van der Waals surface area contributed by atoms with E-state index in [4.69, 9.17) is 0 Å². The first-order valence-corrected chi connectivity index (χ1v) is 6.73. The van der Waals surface area contributed by atoms with Gasteiger partial charge in [-0.2, -0.15) is 5.10 Å². The van der Waals surface area contributed by atoms with Crippen LogP contribution in [0.15, 0.2) is 0 Å². The summed E-state index contributed by atoms with van der Waals surface area (Å²) in [6.07, 6.45) is 1.07. The quantitative estimate of drug-likeness (QED) is 0.812. The van der Waals surface area contributed by atoms with Crippen LogP contribution in [0.4, 0.5) is 0 Å². The molecule has 0 saturated heterocycles. The summed E-state index contributed by atoms with van der Waals surface area (Å²) in [4.78, 5) is 2.37. The van der Waals surface area contributed by atoms with Crippen LogP contribution in [0, 0.1) is 13.8 Å². The first-order valence-electron chi connectivity index (χ1n) is 6.73. The van der Waals surface area contributed by atoms with Gasteiger partial charge in [-0.05, 0) is 53.7 Å². The lowest BCUT2D eigenvalue weighted by atomic mass is 10.1. The van der Waals surface area contributed by atoms with Crippen molar-refractivity contribution in [2.45, 2.75) is 46.6 Å². The predicted molar refractivity (Wildman–Crippen MR) is 77.0 cm³/mol. The molecule has 0 unspecified atom stereocenters. The predicted octanol–water partition coefficient (Wildman–Crippen LogP) is 1.89. The molecule has 0 aromatic carbocycles. The third-order valence-electron chi connectivity index (χ3n) is 3.17. The van der Waals surface area contributed by atoms with Crippen LogP contribution in [-0.4, -0.2) is 47.3 Å². The van der Waals surface area contributed by atoms with E-state index in [2.05, 4.69) is 62.1 Å². The summed E-state index contributed by atoms with van der Waals surface area (Å²) in [5, 5.41) is 10.8. The van der Waals surface area contributed by atoms with Gasteiger partial charge in [0.15, 0.2) is 0 Å². The number of hydrogen-bond acceptors (Lipinski definition) is 3. The summed E-state index contributed by atoms with van der Waals surface area (Å²) in [5.74, 6) is 0. The minimum Gasteiger partial charge on any atom is -0.311 e. The molecule has 0 atom stereocenters. The van der Waals surface area contributed by atoms with E-state index in [0.717, 1.165) is 31.7 Å². The van der Waals surface area contributed by atoms with Crippen LogP contribution in [0.3, 0.4) is 0 Å². The fourth-order valence-corrected chi connectivity index (χ4v) is 1.98. The van der Waals surface area contributed by atoms with Gasteiger partial charge >= 0.3 is 0 Å². The molecule has 0 aliphatic carbocycles. The minimum absolute atomic E-state index is 0.207. The Balaban J connectivity index is 2.27. The Hall–Kier alpha value is -0.870. The first kappa shape index (κ1) is 15.2. The van der Waals surface area contributed by atoms with Gasteiger partial charge < -0.3 is 10.2 Å². The lowest BCUT2D eigenvalue weighted by Crippen LogP contribution is -2.40. The van der Waals surface area contributed by atoms with Crippen molar-refractivity contribution in [3.8, 4) is 0 Å². The second-order valence-electron chi connectivity index (χ2n) is 6.14. The van der Waals surface area contributed by atoms with Gasteiger partial charge in [-0.3, -0.25) is 5.10 Å². The van der Waals surface area contributed by atoms with Crippen molar-refractivity contribution < 1.29 is 0 Å². The zero-order valence-electron chi connectivity index (χ0n) is 12.7. The first-order chi connectivity index (χ1) is 8.29. The van der Waals surface area contributed by atoms with Crippen molar-refractivity contribution in [3.63, 3.8) is 0 Å². The Morgan fingerprint density at radius 2 is 1.89 bits per heavy atom. The third kappa shape index (κ3) is 5.19. The molecule has 104 valence electrons. The van der Waals surface area contributed by atoms with Crippen molar-refractivity contribution in [1.82, 2.24) is 20.4 Å². The highest BCUT2D eigenvalue weighted by Crippen LogP contribution is 2.10. The summed E-state index contributed by atoms with van der Waals surface area (Å²) < 4.78 is 0. The van der Waals surface area contributed by atoms with Gasteiger partial charge in [-0.25, -0.2) is 0 Å². The fourth-order valence-electron chi connectivity index (χ4n) is 1.98. The Morgan fingerprint density at radius 3 is 2.39 bits per heavy atom. The van der Waals surface area contributed by atoms with Gasteiger partial charge in [-0.15, -0.1) is 0 Å². The average Bonchev–Trinajstić information content (AvgIpc) is 2.54. The van der Waals surface area contributed by atoms with Crippen molar-refractivity contribution in [1.29, 1.82) is 0 Å². The summed E-state index contributed by atoms with van der Waals surface area (Å²) in [6.45, 7) is 13.9. The molecule has 18 heavy (non-hydrogen) atoms. The largest absolute Gasteiger partial charge is 0.311 e. The molecular formula is C14H28N4. The van der Waals surface area contributed by atoms with E-state index in [0.29, 0.717) is 0 Å². The van der Waals surface area contributed by atoms with E-state index < -0.39 is 0 Å². The summed E-state index contributed by atoms with van der Waals surface area (Å²) >= 11 is 0. The molecule has 0 saturated carbocycles. The summed E-state index contributed by atoms with van der Waals surface area (Å²) in [6, 6.07) is 0. The average molecular weight is 252 g/mol. The molecule has 0 aliphatic rings. The number of nitrogens with zero attached hydrogens (tertiary/aromatic N) is 2. The number of aryl methyl sites for hydroxylation is 2. The molecule has 1 rings (SSSR count). The van der Waals surface area contributed by atoms with Crippen LogP contribution < -0.4 is 5.32 Å². The van der Waals surface area contributed by atoms with Crippen LogP contribution in [0.5, 0.6) is 0 Å². The summed E-state index contributed by atoms with van der Waals surface area (Å²) in [7, 11) is 2.18. The maximum atomic E-state index is 4.23. The maximum absolute atomic E-state index is 4.23. The van der Waals surface area contributed by atoms with Gasteiger partial charge in [0.05, 0.1) is 5.69 Å². The molecule has 1 aromatic rings. The van der Waals surface area contributed by atoms with E-state index in [1.165, 1.54) is 11.3 Å². The molecule has 1 aromatic heterocycles. The Bertz CT molecular complexity index is 343. The molecule has 0 radical (unpaired) electrons. The molecule has 0 amide bonds. The van der Waals surface area contributed by atoms with Gasteiger partial charge in [-0.1, -0.05) is 0 Å². The van der Waals surface area contributed by atoms with Gasteiger partial charge in [0.25, 0.3) is 0 Å². The number of rotatable bonds is 6. The standard InChI is InChI=1S/C14H28N4/c1-11-13(12(2)17-16-11)7-9-18(6)10-8-15-14(3,4)5/h15H,7-10H2,1-6H3,(H,16,17). The molecule has 0 fully saturated rings. The van der Waals surface area contributed by atoms with E-state index >= 15 is 0 Å². The maximum Gasteiger partial charge on any atom is 0.0626 e. The monoisotopic (exact) mass is 252 g/mol. The number of likely N-dealkylation sites (N-methyl/N-ethyl adjacent to an activating group) is 1. The molecule has 0 aliphatic heterocycles. The molecule has 0 bridgehead atoms. The lowest BCUT2D eigenvalue weighted by molar-refractivity contribution is 0.312. The SMILES string of the molecule is Cc1n[nH]c(C)c1CCN(C)CCNC(C)(C)C. The highest BCUT2D eigenvalue weighted by atomic mass is 15.1. The molecule has 4 heteroatoms. The molecule has 0 spiro atoms. The molecule has 4 nitrogen and oxygen atoms in total. The number of nitrogens with one attached hydrogen (secondary N) is 2. The molecule has 2 N–H and O–H groups in total. The van der Waals surface area contributed by atoms with Crippen molar-refractivity contribution >= 4 is 0 Å². The molecular weight excluding hydrogens is 224 g/mol. The zero-order chi connectivity index (χ0) is 13.8. The second-order valence-corrected chi connectivity index (χ2v) is 6.14. The Labute approximate surface area is 111 Å². The number of aromatic amines is 1. The van der Waals surface area contributed by atoms with Crippen molar-refractivity contribution in [2.24, 2.45) is 0 Å². The summed E-state index contributed by atoms with van der Waals surface area (Å²) in [5.41, 5.74) is 3.91. The molecule has 1 heterocycles. The van der Waals surface area contributed by atoms with E-state index in [9.17, 15) is 0 Å². The van der Waals surface area contributed by atoms with Crippen LogP contribution >= 0.6 is 0 Å². The lowest BCUT2D eigenvalue weighted by Gasteiger charge is -2.23. The minimum atomic E-state index is 0.207. The number of aromatic nitrogens is 2. The second kappa shape index (κ2) is 6.34. The van der Waals surface area contributed by atoms with Crippen molar-refractivity contribution in [2.75, 3.05) is 26.7 Å². The van der Waals surface area contributed by atoms with E-state index in [1.807, 2.05) is 0 Å². The van der Waals surface area contributed by atoms with Crippen LogP contribution in [0.1, 0.15) is 37.7 Å². The number of H-pyrrole nitrogens is 1. The third-order valence-corrected chi connectivity index (χ3v) is 3.17. The Kier molecular flexibility index (Phi) is 5.35. The fraction of sp³-hybridized carbons (Fsp3) is 0.786. The van der Waals surface area contributed by atoms with Gasteiger partial charge in [0.1, 0.15) is 0 Å². The number of hydrogen-bond donors (Lipinski definition) is 2. The van der Waals surface area contributed by atoms with Crippen LogP contribution in [0.2, 0.25) is 0 Å². The van der Waals surface area contributed by atoms with E-state index in [-0.39, 0.29) is 5.54 Å². The highest BCUT2D eigenvalue weighted by molar-refractivity contribution is 5.23. The highest BCUT2D eigenvalue weighted by Gasteiger charge is 2.10. The smallest absolute Gasteiger partial charge is 0.0626 e. The van der Waals surface area contributed by atoms with Crippen LogP contribution in [0.25, 0.3) is 0 Å². The Morgan fingerprint density at radius 1 is 1.22 bits per heavy atom.